The van der Waals surface area contributed by atoms with E-state index in [2.05, 4.69) is 31.2 Å². The number of halogens is 2. The van der Waals surface area contributed by atoms with E-state index in [0.717, 1.165) is 10.0 Å². The van der Waals surface area contributed by atoms with E-state index in [0.29, 0.717) is 11.6 Å². The van der Waals surface area contributed by atoms with Gasteiger partial charge < -0.3 is 5.32 Å². The molecule has 5 heteroatoms. The van der Waals surface area contributed by atoms with Crippen LogP contribution in [0.2, 0.25) is 0 Å². The van der Waals surface area contributed by atoms with E-state index in [9.17, 15) is 4.39 Å². The van der Waals surface area contributed by atoms with Gasteiger partial charge in [-0.25, -0.2) is 14.4 Å². The minimum Gasteiger partial charge on any atom is -0.372 e. The zero-order valence-corrected chi connectivity index (χ0v) is 10.1. The quantitative estimate of drug-likeness (QED) is 0.919. The average molecular weight is 282 g/mol. The summed E-state index contributed by atoms with van der Waals surface area (Å²) in [7, 11) is 1.78. The molecule has 0 aliphatic rings. The van der Waals surface area contributed by atoms with Crippen LogP contribution in [0, 0.1) is 5.82 Å². The maximum atomic E-state index is 12.8. The van der Waals surface area contributed by atoms with Crippen LogP contribution in [0.15, 0.2) is 34.9 Å². The molecule has 0 spiro atoms. The van der Waals surface area contributed by atoms with Crippen LogP contribution in [-0.2, 0) is 0 Å². The maximum absolute atomic E-state index is 12.8. The summed E-state index contributed by atoms with van der Waals surface area (Å²) in [5, 5.41) is 2.94. The van der Waals surface area contributed by atoms with Gasteiger partial charge in [-0.2, -0.15) is 0 Å². The van der Waals surface area contributed by atoms with Crippen molar-refractivity contribution < 1.29 is 4.39 Å². The average Bonchev–Trinajstić information content (AvgIpc) is 2.31. The summed E-state index contributed by atoms with van der Waals surface area (Å²) in [5.74, 6) is 0.997. The Balaban J connectivity index is 2.44. The number of benzene rings is 1. The molecule has 0 saturated carbocycles. The molecule has 0 aliphatic carbocycles. The fourth-order valence-electron chi connectivity index (χ4n) is 1.28. The Morgan fingerprint density at radius 2 is 1.94 bits per heavy atom. The highest BCUT2D eigenvalue weighted by atomic mass is 79.9. The number of anilines is 1. The molecule has 1 aromatic carbocycles. The first-order valence-corrected chi connectivity index (χ1v) is 5.46. The van der Waals surface area contributed by atoms with Crippen LogP contribution in [0.1, 0.15) is 0 Å². The van der Waals surface area contributed by atoms with Gasteiger partial charge in [-0.15, -0.1) is 0 Å². The van der Waals surface area contributed by atoms with Crippen molar-refractivity contribution >= 4 is 21.7 Å². The van der Waals surface area contributed by atoms with Gasteiger partial charge in [-0.1, -0.05) is 0 Å². The Labute approximate surface area is 101 Å². The molecule has 82 valence electrons. The predicted octanol–water partition coefficient (Wildman–Crippen LogP) is 3.09. The first-order valence-electron chi connectivity index (χ1n) is 4.67. The number of rotatable bonds is 2. The van der Waals surface area contributed by atoms with Crippen molar-refractivity contribution in [2.75, 3.05) is 12.4 Å². The van der Waals surface area contributed by atoms with Gasteiger partial charge in [0.1, 0.15) is 11.6 Å². The van der Waals surface area contributed by atoms with Crippen LogP contribution in [0.25, 0.3) is 11.4 Å². The van der Waals surface area contributed by atoms with Crippen LogP contribution in [0.4, 0.5) is 10.2 Å². The highest BCUT2D eigenvalue weighted by molar-refractivity contribution is 9.10. The zero-order chi connectivity index (χ0) is 11.5. The fourth-order valence-corrected chi connectivity index (χ4v) is 1.67. The second-order valence-corrected chi connectivity index (χ2v) is 4.00. The van der Waals surface area contributed by atoms with Crippen molar-refractivity contribution in [3.63, 3.8) is 0 Å². The largest absolute Gasteiger partial charge is 0.372 e. The number of nitrogens with zero attached hydrogens (tertiary/aromatic N) is 2. The van der Waals surface area contributed by atoms with Crippen molar-refractivity contribution in [1.82, 2.24) is 9.97 Å². The highest BCUT2D eigenvalue weighted by Gasteiger charge is 2.05. The van der Waals surface area contributed by atoms with Gasteiger partial charge in [0.05, 0.1) is 4.47 Å². The lowest BCUT2D eigenvalue weighted by molar-refractivity contribution is 0.628. The highest BCUT2D eigenvalue weighted by Crippen LogP contribution is 2.22. The van der Waals surface area contributed by atoms with E-state index in [1.165, 1.54) is 12.1 Å². The molecule has 0 amide bonds. The van der Waals surface area contributed by atoms with E-state index in [1.54, 1.807) is 25.4 Å². The van der Waals surface area contributed by atoms with Gasteiger partial charge in [0.15, 0.2) is 5.82 Å². The van der Waals surface area contributed by atoms with Gasteiger partial charge in [-0.05, 0) is 40.2 Å². The number of nitrogens with one attached hydrogen (secondary N) is 1. The van der Waals surface area contributed by atoms with Crippen molar-refractivity contribution in [1.29, 1.82) is 0 Å². The minimum absolute atomic E-state index is 0.269. The summed E-state index contributed by atoms with van der Waals surface area (Å²) in [4.78, 5) is 8.47. The van der Waals surface area contributed by atoms with Crippen LogP contribution in [-0.4, -0.2) is 17.0 Å². The third kappa shape index (κ3) is 2.19. The van der Waals surface area contributed by atoms with Crippen molar-refractivity contribution in [3.8, 4) is 11.4 Å². The molecule has 2 aromatic rings. The number of hydrogen-bond acceptors (Lipinski definition) is 3. The Bertz CT molecular complexity index is 499. The van der Waals surface area contributed by atoms with E-state index >= 15 is 0 Å². The fraction of sp³-hybridized carbons (Fsp3) is 0.0909. The molecule has 0 fully saturated rings. The Morgan fingerprint density at radius 3 is 2.56 bits per heavy atom. The normalized spacial score (nSPS) is 10.2. The molecule has 1 aromatic heterocycles. The Morgan fingerprint density at radius 1 is 1.25 bits per heavy atom. The Hall–Kier alpha value is -1.49. The molecule has 2 rings (SSSR count). The van der Waals surface area contributed by atoms with Crippen molar-refractivity contribution in [3.05, 3.63) is 40.8 Å². The summed E-state index contributed by atoms with van der Waals surface area (Å²) in [5.41, 5.74) is 0.783. The lowest BCUT2D eigenvalue weighted by Gasteiger charge is -2.05. The molecule has 16 heavy (non-hydrogen) atoms. The predicted molar refractivity (Wildman–Crippen MR) is 64.7 cm³/mol. The second-order valence-electron chi connectivity index (χ2n) is 3.15. The zero-order valence-electron chi connectivity index (χ0n) is 8.54. The molecule has 0 radical (unpaired) electrons. The van der Waals surface area contributed by atoms with E-state index < -0.39 is 0 Å². The van der Waals surface area contributed by atoms with Crippen LogP contribution >= 0.6 is 15.9 Å². The van der Waals surface area contributed by atoms with Gasteiger partial charge in [-0.3, -0.25) is 0 Å². The summed E-state index contributed by atoms with van der Waals surface area (Å²) in [6.45, 7) is 0. The number of aromatic nitrogens is 2. The molecular formula is C11H9BrFN3. The standard InChI is InChI=1S/C11H9BrFN3/c1-14-11-9(12)6-15-10(16-11)7-2-4-8(13)5-3-7/h2-6H,1H3,(H,14,15,16). The van der Waals surface area contributed by atoms with Crippen LogP contribution < -0.4 is 5.32 Å². The minimum atomic E-state index is -0.269. The molecule has 1 heterocycles. The SMILES string of the molecule is CNc1nc(-c2ccc(F)cc2)ncc1Br. The van der Waals surface area contributed by atoms with Gasteiger partial charge >= 0.3 is 0 Å². The third-order valence-electron chi connectivity index (χ3n) is 2.08. The van der Waals surface area contributed by atoms with Gasteiger partial charge in [0, 0.05) is 18.8 Å². The first kappa shape index (κ1) is 11.0. The van der Waals surface area contributed by atoms with Gasteiger partial charge in [0.25, 0.3) is 0 Å². The third-order valence-corrected chi connectivity index (χ3v) is 2.66. The van der Waals surface area contributed by atoms with E-state index in [4.69, 9.17) is 0 Å². The summed E-state index contributed by atoms with van der Waals surface area (Å²) in [6.07, 6.45) is 1.66. The summed E-state index contributed by atoms with van der Waals surface area (Å²) < 4.78 is 13.5. The molecule has 0 saturated heterocycles. The Kier molecular flexibility index (Phi) is 3.14. The second kappa shape index (κ2) is 4.57. The molecule has 0 atom stereocenters. The molecule has 0 unspecified atom stereocenters. The first-order chi connectivity index (χ1) is 7.70. The molecule has 1 N–H and O–H groups in total. The lowest BCUT2D eigenvalue weighted by Crippen LogP contribution is -1.97. The van der Waals surface area contributed by atoms with Crippen LogP contribution in [0.5, 0.6) is 0 Å². The van der Waals surface area contributed by atoms with E-state index in [1.807, 2.05) is 0 Å². The number of hydrogen-bond donors (Lipinski definition) is 1. The van der Waals surface area contributed by atoms with E-state index in [-0.39, 0.29) is 5.82 Å². The monoisotopic (exact) mass is 281 g/mol. The smallest absolute Gasteiger partial charge is 0.161 e. The summed E-state index contributed by atoms with van der Waals surface area (Å²) >= 11 is 3.33. The van der Waals surface area contributed by atoms with Gasteiger partial charge in [0.2, 0.25) is 0 Å². The van der Waals surface area contributed by atoms with Crippen molar-refractivity contribution in [2.45, 2.75) is 0 Å². The molecule has 0 bridgehead atoms. The molecule has 3 nitrogen and oxygen atoms in total. The van der Waals surface area contributed by atoms with Crippen molar-refractivity contribution in [2.24, 2.45) is 0 Å². The maximum Gasteiger partial charge on any atom is 0.161 e. The molecular weight excluding hydrogens is 273 g/mol. The lowest BCUT2D eigenvalue weighted by atomic mass is 10.2. The molecule has 0 aliphatic heterocycles. The van der Waals surface area contributed by atoms with Crippen LogP contribution in [0.3, 0.4) is 0 Å². The summed E-state index contributed by atoms with van der Waals surface area (Å²) in [6, 6.07) is 6.08. The topological polar surface area (TPSA) is 37.8 Å².